The maximum absolute atomic E-state index is 12.4. The van der Waals surface area contributed by atoms with Crippen LogP contribution in [0.3, 0.4) is 0 Å². The standard InChI is InChI=1S/C13H17N3O2S/c1-2-15(6-7-17)11-3-5-16(12(11)18)13-10(9-14)4-8-19-13/h4,8,11,17H,2-3,5-7H2,1H3. The molecule has 0 aliphatic carbocycles. The van der Waals surface area contributed by atoms with Gasteiger partial charge in [0.2, 0.25) is 5.91 Å². The van der Waals surface area contributed by atoms with Gasteiger partial charge in [0.25, 0.3) is 0 Å². The number of thiophene rings is 1. The Kier molecular flexibility index (Phi) is 4.53. The van der Waals surface area contributed by atoms with Crippen LogP contribution in [0.2, 0.25) is 0 Å². The zero-order valence-electron chi connectivity index (χ0n) is 10.9. The Balaban J connectivity index is 2.16. The van der Waals surface area contributed by atoms with E-state index in [1.807, 2.05) is 17.2 Å². The summed E-state index contributed by atoms with van der Waals surface area (Å²) in [5.41, 5.74) is 0.559. The predicted molar refractivity (Wildman–Crippen MR) is 74.1 cm³/mol. The van der Waals surface area contributed by atoms with Crippen molar-refractivity contribution in [3.8, 4) is 6.07 Å². The molecule has 0 aromatic carbocycles. The third-order valence-corrected chi connectivity index (χ3v) is 4.36. The van der Waals surface area contributed by atoms with Crippen molar-refractivity contribution in [3.63, 3.8) is 0 Å². The Morgan fingerprint density at radius 1 is 1.68 bits per heavy atom. The van der Waals surface area contributed by atoms with Crippen LogP contribution in [0.25, 0.3) is 0 Å². The largest absolute Gasteiger partial charge is 0.395 e. The van der Waals surface area contributed by atoms with Crippen molar-refractivity contribution in [2.24, 2.45) is 0 Å². The van der Waals surface area contributed by atoms with Gasteiger partial charge in [0, 0.05) is 13.1 Å². The number of aliphatic hydroxyl groups excluding tert-OH is 1. The van der Waals surface area contributed by atoms with Gasteiger partial charge in [-0.2, -0.15) is 5.26 Å². The van der Waals surface area contributed by atoms with Crippen LogP contribution in [0, 0.1) is 11.3 Å². The highest BCUT2D eigenvalue weighted by Gasteiger charge is 2.37. The number of nitrogens with zero attached hydrogens (tertiary/aromatic N) is 3. The number of hydrogen-bond donors (Lipinski definition) is 1. The van der Waals surface area contributed by atoms with Gasteiger partial charge in [-0.3, -0.25) is 9.69 Å². The van der Waals surface area contributed by atoms with Crippen LogP contribution in [-0.2, 0) is 4.79 Å². The Bertz CT molecular complexity index is 494. The molecule has 1 fully saturated rings. The van der Waals surface area contributed by atoms with E-state index in [1.165, 1.54) is 11.3 Å². The van der Waals surface area contributed by atoms with Gasteiger partial charge in [-0.05, 0) is 24.4 Å². The van der Waals surface area contributed by atoms with Crippen molar-refractivity contribution < 1.29 is 9.90 Å². The summed E-state index contributed by atoms with van der Waals surface area (Å²) in [6, 6.07) is 3.69. The molecular formula is C13H17N3O2S. The highest BCUT2D eigenvalue weighted by atomic mass is 32.1. The van der Waals surface area contributed by atoms with E-state index in [-0.39, 0.29) is 18.6 Å². The van der Waals surface area contributed by atoms with Crippen molar-refractivity contribution in [2.75, 3.05) is 31.1 Å². The van der Waals surface area contributed by atoms with E-state index in [1.54, 1.807) is 11.0 Å². The average Bonchev–Trinajstić information content (AvgIpc) is 3.02. The minimum atomic E-state index is -0.175. The van der Waals surface area contributed by atoms with Gasteiger partial charge in [0.05, 0.1) is 18.2 Å². The molecule has 1 aromatic rings. The van der Waals surface area contributed by atoms with E-state index in [0.29, 0.717) is 18.7 Å². The first kappa shape index (κ1) is 14.0. The third kappa shape index (κ3) is 2.63. The molecule has 0 saturated carbocycles. The molecule has 1 N–H and O–H groups in total. The summed E-state index contributed by atoms with van der Waals surface area (Å²) in [6.07, 6.45) is 0.745. The van der Waals surface area contributed by atoms with Gasteiger partial charge >= 0.3 is 0 Å². The van der Waals surface area contributed by atoms with E-state index in [0.717, 1.165) is 18.0 Å². The highest BCUT2D eigenvalue weighted by Crippen LogP contribution is 2.31. The second kappa shape index (κ2) is 6.15. The Morgan fingerprint density at radius 2 is 2.47 bits per heavy atom. The summed E-state index contributed by atoms with van der Waals surface area (Å²) in [5.74, 6) is 0.0363. The molecule has 1 unspecified atom stereocenters. The summed E-state index contributed by atoms with van der Waals surface area (Å²) in [6.45, 7) is 3.93. The Hall–Kier alpha value is -1.42. The molecule has 2 rings (SSSR count). The normalized spacial score (nSPS) is 19.2. The van der Waals surface area contributed by atoms with Crippen LogP contribution < -0.4 is 4.90 Å². The second-order valence-electron chi connectivity index (χ2n) is 4.40. The van der Waals surface area contributed by atoms with E-state index in [4.69, 9.17) is 10.4 Å². The number of nitriles is 1. The number of aliphatic hydroxyl groups is 1. The van der Waals surface area contributed by atoms with Gasteiger partial charge in [0.15, 0.2) is 0 Å². The highest BCUT2D eigenvalue weighted by molar-refractivity contribution is 7.14. The van der Waals surface area contributed by atoms with E-state index in [9.17, 15) is 4.79 Å². The van der Waals surface area contributed by atoms with Crippen LogP contribution in [-0.4, -0.2) is 48.2 Å². The summed E-state index contributed by atoms with van der Waals surface area (Å²) in [7, 11) is 0. The molecule has 1 atom stereocenters. The van der Waals surface area contributed by atoms with Crippen LogP contribution in [0.4, 0.5) is 5.00 Å². The third-order valence-electron chi connectivity index (χ3n) is 3.42. The van der Waals surface area contributed by atoms with Crippen LogP contribution in [0.1, 0.15) is 18.9 Å². The fourth-order valence-corrected chi connectivity index (χ4v) is 3.35. The zero-order chi connectivity index (χ0) is 13.8. The molecule has 5 nitrogen and oxygen atoms in total. The Labute approximate surface area is 116 Å². The zero-order valence-corrected chi connectivity index (χ0v) is 11.7. The number of anilines is 1. The van der Waals surface area contributed by atoms with Crippen molar-refractivity contribution in [2.45, 2.75) is 19.4 Å². The molecule has 6 heteroatoms. The second-order valence-corrected chi connectivity index (χ2v) is 5.29. The molecule has 1 aliphatic heterocycles. The smallest absolute Gasteiger partial charge is 0.245 e. The van der Waals surface area contributed by atoms with Crippen LogP contribution >= 0.6 is 11.3 Å². The molecule has 0 spiro atoms. The molecule has 2 heterocycles. The molecular weight excluding hydrogens is 262 g/mol. The Morgan fingerprint density at radius 3 is 3.11 bits per heavy atom. The first-order chi connectivity index (χ1) is 9.22. The lowest BCUT2D eigenvalue weighted by Gasteiger charge is -2.25. The summed E-state index contributed by atoms with van der Waals surface area (Å²) in [4.78, 5) is 16.1. The fourth-order valence-electron chi connectivity index (χ4n) is 2.46. The first-order valence-electron chi connectivity index (χ1n) is 6.36. The molecule has 1 amide bonds. The first-order valence-corrected chi connectivity index (χ1v) is 7.24. The SMILES string of the molecule is CCN(CCO)C1CCN(c2sccc2C#N)C1=O. The van der Waals surface area contributed by atoms with Crippen molar-refractivity contribution in [1.82, 2.24) is 4.90 Å². The predicted octanol–water partition coefficient (Wildman–Crippen LogP) is 1.04. The number of carbonyl (C=O) groups is 1. The monoisotopic (exact) mass is 279 g/mol. The maximum Gasteiger partial charge on any atom is 0.245 e. The van der Waals surface area contributed by atoms with Crippen molar-refractivity contribution in [1.29, 1.82) is 5.26 Å². The number of rotatable bonds is 5. The van der Waals surface area contributed by atoms with Crippen LogP contribution in [0.15, 0.2) is 11.4 Å². The van der Waals surface area contributed by atoms with Crippen LogP contribution in [0.5, 0.6) is 0 Å². The van der Waals surface area contributed by atoms with Gasteiger partial charge in [-0.25, -0.2) is 0 Å². The molecule has 102 valence electrons. The minimum absolute atomic E-state index is 0.0363. The number of carbonyl (C=O) groups excluding carboxylic acids is 1. The summed E-state index contributed by atoms with van der Waals surface area (Å²) < 4.78 is 0. The van der Waals surface area contributed by atoms with Crippen molar-refractivity contribution in [3.05, 3.63) is 17.0 Å². The molecule has 0 radical (unpaired) electrons. The summed E-state index contributed by atoms with van der Waals surface area (Å²) in [5, 5.41) is 20.7. The molecule has 1 aromatic heterocycles. The quantitative estimate of drug-likeness (QED) is 0.874. The van der Waals surface area contributed by atoms with Gasteiger partial charge in [0.1, 0.15) is 11.1 Å². The number of hydrogen-bond acceptors (Lipinski definition) is 5. The van der Waals surface area contributed by atoms with Gasteiger partial charge in [-0.15, -0.1) is 11.3 Å². The molecule has 19 heavy (non-hydrogen) atoms. The lowest BCUT2D eigenvalue weighted by Crippen LogP contribution is -2.43. The maximum atomic E-state index is 12.4. The van der Waals surface area contributed by atoms with Gasteiger partial charge in [-0.1, -0.05) is 6.92 Å². The molecule has 1 aliphatic rings. The fraction of sp³-hybridized carbons (Fsp3) is 0.538. The lowest BCUT2D eigenvalue weighted by molar-refractivity contribution is -0.121. The van der Waals surface area contributed by atoms with E-state index in [2.05, 4.69) is 6.07 Å². The number of amides is 1. The minimum Gasteiger partial charge on any atom is -0.395 e. The van der Waals surface area contributed by atoms with E-state index >= 15 is 0 Å². The topological polar surface area (TPSA) is 67.6 Å². The average molecular weight is 279 g/mol. The van der Waals surface area contributed by atoms with Crippen molar-refractivity contribution >= 4 is 22.2 Å². The summed E-state index contributed by atoms with van der Waals surface area (Å²) >= 11 is 1.42. The lowest BCUT2D eigenvalue weighted by atomic mass is 10.2. The van der Waals surface area contributed by atoms with E-state index < -0.39 is 0 Å². The van der Waals surface area contributed by atoms with Gasteiger partial charge < -0.3 is 10.0 Å². The number of likely N-dealkylation sites (N-methyl/N-ethyl adjacent to an activating group) is 1. The molecule has 1 saturated heterocycles. The molecule has 0 bridgehead atoms.